The van der Waals surface area contributed by atoms with Crippen LogP contribution in [0.4, 0.5) is 0 Å². The number of esters is 1. The Hall–Kier alpha value is -1.56. The smallest absolute Gasteiger partial charge is 0.307 e. The molecule has 0 spiro atoms. The number of hydrogen-bond donors (Lipinski definition) is 1. The summed E-state index contributed by atoms with van der Waals surface area (Å²) in [6.45, 7) is 0. The van der Waals surface area contributed by atoms with E-state index in [-0.39, 0.29) is 24.7 Å². The molecular weight excluding hydrogens is 357 g/mol. The number of thiophene rings is 1. The molecule has 4 nitrogen and oxygen atoms in total. The van der Waals surface area contributed by atoms with Crippen molar-refractivity contribution in [2.45, 2.75) is 18.9 Å². The van der Waals surface area contributed by atoms with E-state index in [0.717, 1.165) is 4.88 Å². The van der Waals surface area contributed by atoms with Gasteiger partial charge in [0, 0.05) is 14.9 Å². The topological polar surface area (TPSA) is 55.4 Å². The maximum atomic E-state index is 12.3. The highest BCUT2D eigenvalue weighted by Gasteiger charge is 2.20. The average Bonchev–Trinajstić information content (AvgIpc) is 3.03. The lowest BCUT2D eigenvalue weighted by molar-refractivity contribution is -0.141. The van der Waals surface area contributed by atoms with Gasteiger partial charge in [0.25, 0.3) is 0 Å². The summed E-state index contributed by atoms with van der Waals surface area (Å²) in [5.41, 5.74) is 0.677. The maximum Gasteiger partial charge on any atom is 0.307 e. The molecule has 2 aromatic rings. The molecule has 0 fully saturated rings. The predicted molar refractivity (Wildman–Crippen MR) is 92.0 cm³/mol. The monoisotopic (exact) mass is 371 g/mol. The van der Waals surface area contributed by atoms with Crippen molar-refractivity contribution in [2.24, 2.45) is 0 Å². The largest absolute Gasteiger partial charge is 0.469 e. The molecule has 1 amide bonds. The number of amides is 1. The first-order chi connectivity index (χ1) is 11.0. The minimum atomic E-state index is -0.416. The lowest BCUT2D eigenvalue weighted by Gasteiger charge is -2.16. The third-order valence-electron chi connectivity index (χ3n) is 3.19. The van der Waals surface area contributed by atoms with Crippen LogP contribution in [0.25, 0.3) is 0 Å². The van der Waals surface area contributed by atoms with Crippen molar-refractivity contribution in [2.75, 3.05) is 7.11 Å². The SMILES string of the molecule is COC(=O)CC(NC(=O)Cc1ccc(Cl)cc1Cl)c1cccs1. The highest BCUT2D eigenvalue weighted by Crippen LogP contribution is 2.24. The third kappa shape index (κ3) is 5.23. The van der Waals surface area contributed by atoms with E-state index in [1.165, 1.54) is 18.4 Å². The molecule has 1 heterocycles. The summed E-state index contributed by atoms with van der Waals surface area (Å²) in [5, 5.41) is 5.70. The van der Waals surface area contributed by atoms with Crippen LogP contribution in [-0.4, -0.2) is 19.0 Å². The third-order valence-corrected chi connectivity index (χ3v) is 4.76. The molecule has 23 heavy (non-hydrogen) atoms. The van der Waals surface area contributed by atoms with E-state index in [2.05, 4.69) is 10.1 Å². The fraction of sp³-hybridized carbons (Fsp3) is 0.250. The molecule has 0 saturated carbocycles. The van der Waals surface area contributed by atoms with Crippen LogP contribution in [-0.2, 0) is 20.7 Å². The van der Waals surface area contributed by atoms with Gasteiger partial charge in [-0.05, 0) is 29.1 Å². The van der Waals surface area contributed by atoms with Crippen molar-refractivity contribution in [3.63, 3.8) is 0 Å². The second-order valence-electron chi connectivity index (χ2n) is 4.83. The first kappa shape index (κ1) is 17.8. The van der Waals surface area contributed by atoms with Crippen molar-refractivity contribution in [1.82, 2.24) is 5.32 Å². The summed E-state index contributed by atoms with van der Waals surface area (Å²) in [5.74, 6) is -0.607. The van der Waals surface area contributed by atoms with Crippen molar-refractivity contribution < 1.29 is 14.3 Å². The van der Waals surface area contributed by atoms with E-state index in [9.17, 15) is 9.59 Å². The number of hydrogen-bond acceptors (Lipinski definition) is 4. The number of ether oxygens (including phenoxy) is 1. The van der Waals surface area contributed by atoms with Crippen molar-refractivity contribution in [3.05, 3.63) is 56.2 Å². The normalized spacial score (nSPS) is 11.8. The molecule has 2 rings (SSSR count). The van der Waals surface area contributed by atoms with Crippen molar-refractivity contribution in [1.29, 1.82) is 0 Å². The quantitative estimate of drug-likeness (QED) is 0.780. The number of carbonyl (C=O) groups is 2. The Labute approximate surface area is 148 Å². The first-order valence-corrected chi connectivity index (χ1v) is 8.46. The van der Waals surface area contributed by atoms with Gasteiger partial charge in [-0.1, -0.05) is 35.3 Å². The maximum absolute atomic E-state index is 12.3. The second kappa shape index (κ2) is 8.34. The van der Waals surface area contributed by atoms with Crippen molar-refractivity contribution >= 4 is 46.4 Å². The van der Waals surface area contributed by atoms with Crippen LogP contribution in [0.2, 0.25) is 10.0 Å². The van der Waals surface area contributed by atoms with Gasteiger partial charge in [0.05, 0.1) is 26.0 Å². The summed E-state index contributed by atoms with van der Waals surface area (Å²) < 4.78 is 4.69. The summed E-state index contributed by atoms with van der Waals surface area (Å²) in [7, 11) is 1.32. The van der Waals surface area contributed by atoms with Crippen LogP contribution in [0.15, 0.2) is 35.7 Å². The molecule has 1 N–H and O–H groups in total. The van der Waals surface area contributed by atoms with Gasteiger partial charge in [0.15, 0.2) is 0 Å². The van der Waals surface area contributed by atoms with Crippen LogP contribution in [0.3, 0.4) is 0 Å². The van der Waals surface area contributed by atoms with E-state index in [4.69, 9.17) is 23.2 Å². The summed E-state index contributed by atoms with van der Waals surface area (Å²) in [4.78, 5) is 24.7. The molecule has 0 aliphatic rings. The molecule has 0 bridgehead atoms. The standard InChI is InChI=1S/C16H15Cl2NO3S/c1-22-16(21)9-13(14-3-2-6-23-14)19-15(20)7-10-4-5-11(17)8-12(10)18/h2-6,8,13H,7,9H2,1H3,(H,19,20). The molecular formula is C16H15Cl2NO3S. The Balaban J connectivity index is 2.06. The fourth-order valence-electron chi connectivity index (χ4n) is 2.05. The van der Waals surface area contributed by atoms with Gasteiger partial charge in [-0.2, -0.15) is 0 Å². The number of methoxy groups -OCH3 is 1. The Morgan fingerprint density at radius 1 is 1.30 bits per heavy atom. The number of carbonyl (C=O) groups excluding carboxylic acids is 2. The van der Waals surface area contributed by atoms with E-state index in [1.807, 2.05) is 17.5 Å². The van der Waals surface area contributed by atoms with Gasteiger partial charge >= 0.3 is 5.97 Å². The van der Waals surface area contributed by atoms with Crippen LogP contribution >= 0.6 is 34.5 Å². The zero-order chi connectivity index (χ0) is 16.8. The van der Waals surface area contributed by atoms with E-state index in [0.29, 0.717) is 15.6 Å². The van der Waals surface area contributed by atoms with Crippen molar-refractivity contribution in [3.8, 4) is 0 Å². The van der Waals surface area contributed by atoms with Gasteiger partial charge < -0.3 is 10.1 Å². The van der Waals surface area contributed by atoms with Gasteiger partial charge in [0.1, 0.15) is 0 Å². The Bertz CT molecular complexity index is 689. The molecule has 1 aromatic heterocycles. The number of nitrogens with one attached hydrogen (secondary N) is 1. The zero-order valence-corrected chi connectivity index (χ0v) is 14.7. The number of halogens is 2. The fourth-order valence-corrected chi connectivity index (χ4v) is 3.30. The van der Waals surface area contributed by atoms with Gasteiger partial charge in [-0.3, -0.25) is 9.59 Å². The first-order valence-electron chi connectivity index (χ1n) is 6.83. The lowest BCUT2D eigenvalue weighted by atomic mass is 10.1. The van der Waals surface area contributed by atoms with Crippen LogP contribution in [0, 0.1) is 0 Å². The predicted octanol–water partition coefficient (Wildman–Crippen LogP) is 4.02. The second-order valence-corrected chi connectivity index (χ2v) is 6.65. The highest BCUT2D eigenvalue weighted by atomic mass is 35.5. The summed E-state index contributed by atoms with van der Waals surface area (Å²) in [6, 6.07) is 8.31. The van der Waals surface area contributed by atoms with Gasteiger partial charge in [0.2, 0.25) is 5.91 Å². The van der Waals surface area contributed by atoms with Gasteiger partial charge in [-0.25, -0.2) is 0 Å². The number of rotatable bonds is 6. The Morgan fingerprint density at radius 3 is 2.70 bits per heavy atom. The summed E-state index contributed by atoms with van der Waals surface area (Å²) >= 11 is 13.4. The zero-order valence-electron chi connectivity index (χ0n) is 12.3. The Kier molecular flexibility index (Phi) is 6.45. The molecule has 0 saturated heterocycles. The molecule has 1 aromatic carbocycles. The van der Waals surface area contributed by atoms with E-state index < -0.39 is 6.04 Å². The lowest BCUT2D eigenvalue weighted by Crippen LogP contribution is -2.31. The minimum Gasteiger partial charge on any atom is -0.469 e. The molecule has 0 radical (unpaired) electrons. The molecule has 122 valence electrons. The van der Waals surface area contributed by atoms with Crippen LogP contribution in [0.1, 0.15) is 22.9 Å². The molecule has 0 aliphatic carbocycles. The minimum absolute atomic E-state index is 0.0805. The van der Waals surface area contributed by atoms with Crippen LogP contribution < -0.4 is 5.32 Å². The molecule has 7 heteroatoms. The molecule has 0 aliphatic heterocycles. The molecule has 1 unspecified atom stereocenters. The van der Waals surface area contributed by atoms with E-state index in [1.54, 1.807) is 18.2 Å². The Morgan fingerprint density at radius 2 is 2.09 bits per heavy atom. The van der Waals surface area contributed by atoms with Gasteiger partial charge in [-0.15, -0.1) is 11.3 Å². The highest BCUT2D eigenvalue weighted by molar-refractivity contribution is 7.10. The van der Waals surface area contributed by atoms with Crippen LogP contribution in [0.5, 0.6) is 0 Å². The molecule has 1 atom stereocenters. The average molecular weight is 372 g/mol. The van der Waals surface area contributed by atoms with E-state index >= 15 is 0 Å². The summed E-state index contributed by atoms with van der Waals surface area (Å²) in [6.07, 6.45) is 0.191. The number of benzene rings is 1.